The predicted molar refractivity (Wildman–Crippen MR) is 188 cm³/mol. The lowest BCUT2D eigenvalue weighted by molar-refractivity contribution is -0.139. The van der Waals surface area contributed by atoms with Crippen LogP contribution in [-0.4, -0.2) is 59.0 Å². The molecule has 280 valence electrons. The van der Waals surface area contributed by atoms with Gasteiger partial charge in [-0.1, -0.05) is 50.8 Å². The van der Waals surface area contributed by atoms with Gasteiger partial charge >= 0.3 is 18.1 Å². The van der Waals surface area contributed by atoms with E-state index in [9.17, 15) is 37.5 Å². The van der Waals surface area contributed by atoms with Crippen molar-refractivity contribution in [3.8, 4) is 17.2 Å². The molecule has 2 N–H and O–H groups in total. The van der Waals surface area contributed by atoms with Crippen molar-refractivity contribution in [3.63, 3.8) is 0 Å². The highest BCUT2D eigenvalue weighted by molar-refractivity contribution is 5.97. The molecule has 0 aliphatic carbocycles. The van der Waals surface area contributed by atoms with Crippen LogP contribution in [0.15, 0.2) is 85.1 Å². The summed E-state index contributed by atoms with van der Waals surface area (Å²) >= 11 is 0. The number of ether oxygens (including phenoxy) is 3. The maximum absolute atomic E-state index is 13.5. The molecule has 0 saturated heterocycles. The van der Waals surface area contributed by atoms with Gasteiger partial charge < -0.3 is 29.5 Å². The van der Waals surface area contributed by atoms with Gasteiger partial charge in [0.2, 0.25) is 0 Å². The number of carbonyl (C=O) groups is 4. The van der Waals surface area contributed by atoms with Gasteiger partial charge in [-0.15, -0.1) is 0 Å². The molecule has 4 rings (SSSR count). The van der Waals surface area contributed by atoms with Gasteiger partial charge in [-0.25, -0.2) is 4.79 Å². The number of pyridine rings is 1. The molecule has 11 nitrogen and oxygen atoms in total. The monoisotopic (exact) mass is 735 g/mol. The standard InChI is InChI=1S/C39H40F3N3O8/c1-3-4-5-6-7-20-52-30-16-10-27(11-17-30)38(50)53-31-14-8-26(9-15-31)24-45(25-35(46)47)37(49)34-19-13-29(23-43-34)36(48)44-22-28-12-18-32(51-2)21-33(28)39(40,41)42/h8-19,21,23H,3-7,20,22,24-25H2,1-2H3,(H,44,48)(H,46,47). The Balaban J connectivity index is 1.32. The fourth-order valence-electron chi connectivity index (χ4n) is 5.19. The lowest BCUT2D eigenvalue weighted by atomic mass is 10.1. The number of hydrogen-bond acceptors (Lipinski definition) is 8. The molecule has 0 unspecified atom stereocenters. The number of hydrogen-bond donors (Lipinski definition) is 2. The molecule has 1 heterocycles. The predicted octanol–water partition coefficient (Wildman–Crippen LogP) is 7.33. The lowest BCUT2D eigenvalue weighted by Crippen LogP contribution is -2.35. The molecule has 4 aromatic rings. The summed E-state index contributed by atoms with van der Waals surface area (Å²) in [7, 11) is 1.24. The van der Waals surface area contributed by atoms with E-state index in [-0.39, 0.29) is 34.9 Å². The topological polar surface area (TPSA) is 144 Å². The van der Waals surface area contributed by atoms with Gasteiger partial charge in [0, 0.05) is 19.3 Å². The molecular formula is C39H40F3N3O8. The van der Waals surface area contributed by atoms with Crippen molar-refractivity contribution < 1.29 is 51.7 Å². The average Bonchev–Trinajstić information content (AvgIpc) is 3.15. The summed E-state index contributed by atoms with van der Waals surface area (Å²) in [5.74, 6) is -2.44. The summed E-state index contributed by atoms with van der Waals surface area (Å²) in [6, 6.07) is 18.7. The normalized spacial score (nSPS) is 11.0. The first kappa shape index (κ1) is 39.9. The van der Waals surface area contributed by atoms with Crippen molar-refractivity contribution in [1.82, 2.24) is 15.2 Å². The number of rotatable bonds is 18. The number of unbranched alkanes of at least 4 members (excludes halogenated alkanes) is 4. The van der Waals surface area contributed by atoms with Gasteiger partial charge in [-0.05, 0) is 78.2 Å². The number of esters is 1. The van der Waals surface area contributed by atoms with Crippen molar-refractivity contribution in [1.29, 1.82) is 0 Å². The summed E-state index contributed by atoms with van der Waals surface area (Å²) < 4.78 is 56.7. The zero-order chi connectivity index (χ0) is 38.4. The minimum atomic E-state index is -4.68. The van der Waals surface area contributed by atoms with Gasteiger partial charge in [0.15, 0.2) is 0 Å². The van der Waals surface area contributed by atoms with E-state index in [0.717, 1.165) is 30.0 Å². The van der Waals surface area contributed by atoms with E-state index in [1.807, 2.05) is 0 Å². The minimum Gasteiger partial charge on any atom is -0.497 e. The SMILES string of the molecule is CCCCCCCOc1ccc(C(=O)Oc2ccc(CN(CC(=O)O)C(=O)c3ccc(C(=O)NCc4ccc(OC)cc4C(F)(F)F)cn3)cc2)cc1. The first-order chi connectivity index (χ1) is 25.4. The van der Waals surface area contributed by atoms with Crippen LogP contribution in [0.25, 0.3) is 0 Å². The second kappa shape index (κ2) is 19.1. The van der Waals surface area contributed by atoms with Crippen molar-refractivity contribution >= 4 is 23.8 Å². The molecule has 0 bridgehead atoms. The Labute approximate surface area is 304 Å². The highest BCUT2D eigenvalue weighted by Gasteiger charge is 2.34. The fourth-order valence-corrected chi connectivity index (χ4v) is 5.19. The average molecular weight is 736 g/mol. The van der Waals surface area contributed by atoms with Crippen LogP contribution in [0.1, 0.15) is 86.9 Å². The maximum Gasteiger partial charge on any atom is 0.416 e. The molecule has 0 radical (unpaired) electrons. The molecule has 0 saturated carbocycles. The third-order valence-corrected chi connectivity index (χ3v) is 8.03. The van der Waals surface area contributed by atoms with Gasteiger partial charge in [-0.2, -0.15) is 13.2 Å². The molecule has 0 spiro atoms. The first-order valence-electron chi connectivity index (χ1n) is 16.9. The zero-order valence-corrected chi connectivity index (χ0v) is 29.3. The molecule has 0 aliphatic rings. The van der Waals surface area contributed by atoms with Gasteiger partial charge in [0.25, 0.3) is 11.8 Å². The molecule has 2 amide bonds. The number of alkyl halides is 3. The molecule has 0 fully saturated rings. The highest BCUT2D eigenvalue weighted by Crippen LogP contribution is 2.34. The van der Waals surface area contributed by atoms with Crippen LogP contribution in [0.3, 0.4) is 0 Å². The lowest BCUT2D eigenvalue weighted by Gasteiger charge is -2.20. The van der Waals surface area contributed by atoms with E-state index < -0.39 is 48.6 Å². The second-order valence-electron chi connectivity index (χ2n) is 12.0. The van der Waals surface area contributed by atoms with Crippen LogP contribution in [0.4, 0.5) is 13.2 Å². The van der Waals surface area contributed by atoms with Gasteiger partial charge in [0.05, 0.1) is 30.4 Å². The Bertz CT molecular complexity index is 1850. The van der Waals surface area contributed by atoms with Crippen LogP contribution in [-0.2, 0) is 24.1 Å². The van der Waals surface area contributed by atoms with Crippen molar-refractivity contribution in [3.05, 3.63) is 119 Å². The molecule has 0 aliphatic heterocycles. The van der Waals surface area contributed by atoms with Crippen LogP contribution < -0.4 is 19.5 Å². The Morgan fingerprint density at radius 2 is 1.49 bits per heavy atom. The number of aliphatic carboxylic acids is 1. The highest BCUT2D eigenvalue weighted by atomic mass is 19.4. The van der Waals surface area contributed by atoms with Crippen LogP contribution in [0, 0.1) is 0 Å². The van der Waals surface area contributed by atoms with E-state index in [2.05, 4.69) is 17.2 Å². The van der Waals surface area contributed by atoms with E-state index in [1.165, 1.54) is 62.8 Å². The van der Waals surface area contributed by atoms with Crippen LogP contribution >= 0.6 is 0 Å². The second-order valence-corrected chi connectivity index (χ2v) is 12.0. The third kappa shape index (κ3) is 12.1. The van der Waals surface area contributed by atoms with Crippen molar-refractivity contribution in [2.75, 3.05) is 20.3 Å². The molecular weight excluding hydrogens is 695 g/mol. The molecule has 3 aromatic carbocycles. The summed E-state index contributed by atoms with van der Waals surface area (Å²) in [5, 5.41) is 11.9. The number of halogens is 3. The van der Waals surface area contributed by atoms with Gasteiger partial charge in [0.1, 0.15) is 29.5 Å². The zero-order valence-electron chi connectivity index (χ0n) is 29.3. The van der Waals surface area contributed by atoms with Crippen LogP contribution in [0.5, 0.6) is 17.2 Å². The number of methoxy groups -OCH3 is 1. The third-order valence-electron chi connectivity index (χ3n) is 8.03. The molecule has 0 atom stereocenters. The van der Waals surface area contributed by atoms with Crippen molar-refractivity contribution in [2.24, 2.45) is 0 Å². The molecule has 1 aromatic heterocycles. The Kier molecular flexibility index (Phi) is 14.3. The number of carbonyl (C=O) groups excluding carboxylic acids is 3. The fraction of sp³-hybridized carbons (Fsp3) is 0.308. The number of carboxylic acid groups (broad SMARTS) is 1. The van der Waals surface area contributed by atoms with E-state index in [0.29, 0.717) is 23.5 Å². The number of nitrogens with one attached hydrogen (secondary N) is 1. The molecule has 53 heavy (non-hydrogen) atoms. The number of amides is 2. The van der Waals surface area contributed by atoms with Crippen molar-refractivity contribution in [2.45, 2.75) is 58.3 Å². The summed E-state index contributed by atoms with van der Waals surface area (Å²) in [5.41, 5.74) is -0.473. The minimum absolute atomic E-state index is 0.0126. The van der Waals surface area contributed by atoms with Crippen LogP contribution in [0.2, 0.25) is 0 Å². The summed E-state index contributed by atoms with van der Waals surface area (Å²) in [6.07, 6.45) is 2.02. The Hall–Kier alpha value is -5.92. The van der Waals surface area contributed by atoms with E-state index in [1.54, 1.807) is 36.4 Å². The molecule has 14 heteroatoms. The quantitative estimate of drug-likeness (QED) is 0.0610. The van der Waals surface area contributed by atoms with Gasteiger partial charge in [-0.3, -0.25) is 19.4 Å². The van der Waals surface area contributed by atoms with E-state index in [4.69, 9.17) is 14.2 Å². The number of carboxylic acids is 1. The Morgan fingerprint density at radius 1 is 0.830 bits per heavy atom. The Morgan fingerprint density at radius 3 is 2.11 bits per heavy atom. The van der Waals surface area contributed by atoms with E-state index >= 15 is 0 Å². The summed E-state index contributed by atoms with van der Waals surface area (Å²) in [6.45, 7) is 1.53. The number of benzene rings is 3. The first-order valence-corrected chi connectivity index (χ1v) is 16.9. The largest absolute Gasteiger partial charge is 0.497 e. The number of nitrogens with zero attached hydrogens (tertiary/aromatic N) is 2. The maximum atomic E-state index is 13.5. The number of aromatic nitrogens is 1. The smallest absolute Gasteiger partial charge is 0.416 e. The summed E-state index contributed by atoms with van der Waals surface area (Å²) in [4.78, 5) is 55.3.